The molecule has 2 aromatic rings. The quantitative estimate of drug-likeness (QED) is 0.395. The fraction of sp³-hybridized carbons (Fsp3) is 0.471. The van der Waals surface area contributed by atoms with Gasteiger partial charge in [-0.05, 0) is 24.8 Å². The molecular formula is C17H20F2IN5O3. The summed E-state index contributed by atoms with van der Waals surface area (Å²) in [6.45, 7) is 0.234. The summed E-state index contributed by atoms with van der Waals surface area (Å²) in [6.07, 6.45) is 4.38. The van der Waals surface area contributed by atoms with Crippen LogP contribution in [-0.2, 0) is 14.4 Å². The molecule has 1 fully saturated rings. The second kappa shape index (κ2) is 8.99. The number of hydrogen-bond donors (Lipinski definition) is 3. The van der Waals surface area contributed by atoms with Crippen LogP contribution in [0.1, 0.15) is 31.2 Å². The zero-order chi connectivity index (χ0) is 20.1. The smallest absolute Gasteiger partial charge is 0.253 e. The van der Waals surface area contributed by atoms with E-state index in [1.165, 1.54) is 17.1 Å². The van der Waals surface area contributed by atoms with Gasteiger partial charge in [0.1, 0.15) is 6.04 Å². The molecule has 152 valence electrons. The van der Waals surface area contributed by atoms with Crippen molar-refractivity contribution in [2.75, 3.05) is 5.32 Å². The Labute approximate surface area is 170 Å². The van der Waals surface area contributed by atoms with Crippen LogP contribution in [0.25, 0.3) is 0 Å². The van der Waals surface area contributed by atoms with E-state index in [4.69, 9.17) is 0 Å². The number of aromatic nitrogens is 3. The van der Waals surface area contributed by atoms with Crippen LogP contribution in [0.4, 0.5) is 14.5 Å². The first-order valence-corrected chi connectivity index (χ1v) is 10.7. The molecule has 0 aromatic carbocycles. The lowest BCUT2D eigenvalue weighted by Gasteiger charge is -2.32. The highest BCUT2D eigenvalue weighted by atomic mass is 127. The molecule has 2 heterocycles. The van der Waals surface area contributed by atoms with Crippen LogP contribution in [0.3, 0.4) is 0 Å². The van der Waals surface area contributed by atoms with E-state index >= 15 is 0 Å². The van der Waals surface area contributed by atoms with Gasteiger partial charge in [0.25, 0.3) is 5.56 Å². The zero-order valence-corrected chi connectivity index (χ0v) is 17.0. The molecule has 1 atom stereocenters. The fourth-order valence-corrected chi connectivity index (χ4v) is 4.35. The lowest BCUT2D eigenvalue weighted by Crippen LogP contribution is -2.44. The van der Waals surface area contributed by atoms with Crippen LogP contribution in [-0.4, -0.2) is 32.6 Å². The minimum absolute atomic E-state index is 0.192. The summed E-state index contributed by atoms with van der Waals surface area (Å²) in [7, 11) is 0. The van der Waals surface area contributed by atoms with Crippen molar-refractivity contribution < 1.29 is 16.6 Å². The number of nitrogens with zero attached hydrogens (tertiary/aromatic N) is 2. The third-order valence-corrected chi connectivity index (χ3v) is 5.74. The Morgan fingerprint density at radius 2 is 2.18 bits per heavy atom. The van der Waals surface area contributed by atoms with Gasteiger partial charge in [0.2, 0.25) is 33.3 Å². The Morgan fingerprint density at radius 1 is 1.43 bits per heavy atom. The third-order valence-electron chi connectivity index (χ3n) is 4.81. The van der Waals surface area contributed by atoms with Crippen molar-refractivity contribution in [1.29, 1.82) is 0 Å². The molecule has 8 nitrogen and oxygen atoms in total. The summed E-state index contributed by atoms with van der Waals surface area (Å²) < 4.78 is 42.1. The van der Waals surface area contributed by atoms with E-state index < -0.39 is 39.3 Å². The molecule has 3 N–H and O–H groups in total. The molecule has 0 radical (unpaired) electrons. The Bertz CT molecular complexity index is 891. The van der Waals surface area contributed by atoms with Gasteiger partial charge in [0.05, 0.1) is 18.4 Å². The molecule has 0 spiro atoms. The van der Waals surface area contributed by atoms with Crippen molar-refractivity contribution in [2.24, 2.45) is 5.92 Å². The van der Waals surface area contributed by atoms with Crippen LogP contribution in [0.5, 0.6) is 0 Å². The van der Waals surface area contributed by atoms with Crippen LogP contribution < -0.4 is 14.4 Å². The highest BCUT2D eigenvalue weighted by Crippen LogP contribution is 2.38. The Kier molecular flexibility index (Phi) is 6.65. The number of pyridine rings is 1. The average molecular weight is 507 g/mol. The number of H-pyrrole nitrogens is 1. The molecule has 3 rings (SSSR count). The first kappa shape index (κ1) is 20.7. The van der Waals surface area contributed by atoms with Crippen molar-refractivity contribution in [3.63, 3.8) is 0 Å². The maximum atomic E-state index is 13.4. The number of amides is 1. The monoisotopic (exact) mass is 507 g/mol. The highest BCUT2D eigenvalue weighted by molar-refractivity contribution is 14.1. The topological polar surface area (TPSA) is 109 Å². The average Bonchev–Trinajstić information content (AvgIpc) is 3.09. The summed E-state index contributed by atoms with van der Waals surface area (Å²) in [5.41, 5.74) is 0.706. The third kappa shape index (κ3) is 5.28. The molecule has 0 bridgehead atoms. The number of aromatic amines is 1. The summed E-state index contributed by atoms with van der Waals surface area (Å²) in [6, 6.07) is 2.59. The highest BCUT2D eigenvalue weighted by Gasteiger charge is 2.39. The van der Waals surface area contributed by atoms with Crippen molar-refractivity contribution >= 4 is 33.1 Å². The van der Waals surface area contributed by atoms with Crippen molar-refractivity contribution in [2.45, 2.75) is 44.2 Å². The van der Waals surface area contributed by atoms with Gasteiger partial charge in [-0.1, -0.05) is 6.07 Å². The number of hydrogen-bond acceptors (Lipinski definition) is 4. The summed E-state index contributed by atoms with van der Waals surface area (Å²) >= 11 is -1.63. The number of rotatable bonds is 7. The molecule has 11 heteroatoms. The number of alkyl halides is 2. The standard InChI is InChI=1S/C17H20F2IN5O3/c18-17(19)5-3-11(4-6-17)14(24-20-28)16(27)23-13-8-22-25(10-13)9-12-2-1-7-21-15(12)26/h1-2,7-8,10-11,14H,3-6,9H2,(H,21,26)(H,23,27)(H,24,28)/t14-/m0/s1. The van der Waals surface area contributed by atoms with Gasteiger partial charge in [-0.25, -0.2) is 12.3 Å². The number of halogens is 3. The van der Waals surface area contributed by atoms with Gasteiger partial charge in [0, 0.05) is 30.8 Å². The first-order chi connectivity index (χ1) is 13.4. The lowest BCUT2D eigenvalue weighted by molar-refractivity contribution is -0.120. The Morgan fingerprint density at radius 3 is 2.86 bits per heavy atom. The molecule has 1 aliphatic carbocycles. The molecule has 2 aromatic heterocycles. The maximum absolute atomic E-state index is 13.4. The molecule has 1 saturated carbocycles. The number of anilines is 1. The summed E-state index contributed by atoms with van der Waals surface area (Å²) in [5.74, 6) is -3.42. The van der Waals surface area contributed by atoms with Crippen LogP contribution >= 0.6 is 21.5 Å². The van der Waals surface area contributed by atoms with Crippen LogP contribution in [0.15, 0.2) is 35.5 Å². The van der Waals surface area contributed by atoms with Crippen molar-refractivity contribution in [1.82, 2.24) is 18.3 Å². The number of carbonyl (C=O) groups is 1. The molecular weight excluding hydrogens is 487 g/mol. The fourth-order valence-electron chi connectivity index (χ4n) is 3.29. The van der Waals surface area contributed by atoms with Gasteiger partial charge in [-0.2, -0.15) is 5.10 Å². The predicted molar refractivity (Wildman–Crippen MR) is 106 cm³/mol. The lowest BCUT2D eigenvalue weighted by atomic mass is 9.82. The normalized spacial score (nSPS) is 17.9. The molecule has 1 amide bonds. The van der Waals surface area contributed by atoms with Crippen LogP contribution in [0, 0.1) is 5.92 Å². The Hall–Kier alpha value is -2.02. The number of nitrogens with one attached hydrogen (secondary N) is 3. The maximum Gasteiger partial charge on any atom is 0.253 e. The van der Waals surface area contributed by atoms with E-state index in [-0.39, 0.29) is 43.7 Å². The van der Waals surface area contributed by atoms with E-state index in [1.54, 1.807) is 18.3 Å². The van der Waals surface area contributed by atoms with E-state index in [0.29, 0.717) is 11.3 Å². The largest absolute Gasteiger partial charge is 0.329 e. The molecule has 0 unspecified atom stereocenters. The Balaban J connectivity index is 1.64. The SMILES string of the molecule is O=IN[C@H](C(=O)Nc1cnn(Cc2ccc[nH]c2=O)c1)C1CCC(F)(F)CC1. The summed E-state index contributed by atoms with van der Waals surface area (Å²) in [4.78, 5) is 26.9. The second-order valence-corrected chi connectivity index (χ2v) is 7.86. The van der Waals surface area contributed by atoms with Gasteiger partial charge >= 0.3 is 0 Å². The van der Waals surface area contributed by atoms with E-state index in [2.05, 4.69) is 18.9 Å². The van der Waals surface area contributed by atoms with E-state index in [9.17, 15) is 21.4 Å². The predicted octanol–water partition coefficient (Wildman–Crippen LogP) is 2.57. The van der Waals surface area contributed by atoms with Gasteiger partial charge in [-0.15, -0.1) is 0 Å². The van der Waals surface area contributed by atoms with E-state index in [0.717, 1.165) is 0 Å². The molecule has 28 heavy (non-hydrogen) atoms. The minimum atomic E-state index is -2.69. The molecule has 0 saturated heterocycles. The van der Waals surface area contributed by atoms with E-state index in [1.807, 2.05) is 0 Å². The van der Waals surface area contributed by atoms with Crippen LogP contribution in [0.2, 0.25) is 0 Å². The first-order valence-electron chi connectivity index (χ1n) is 8.77. The van der Waals surface area contributed by atoms with Gasteiger partial charge < -0.3 is 10.3 Å². The van der Waals surface area contributed by atoms with Gasteiger partial charge in [-0.3, -0.25) is 17.3 Å². The molecule has 0 aliphatic heterocycles. The number of carbonyl (C=O) groups excluding carboxylic acids is 1. The zero-order valence-electron chi connectivity index (χ0n) is 14.8. The van der Waals surface area contributed by atoms with Crippen molar-refractivity contribution in [3.8, 4) is 0 Å². The summed E-state index contributed by atoms with van der Waals surface area (Å²) in [5, 5.41) is 6.80. The minimum Gasteiger partial charge on any atom is -0.329 e. The second-order valence-electron chi connectivity index (χ2n) is 6.80. The van der Waals surface area contributed by atoms with Gasteiger partial charge in [0.15, 0.2) is 0 Å². The van der Waals surface area contributed by atoms with Crippen molar-refractivity contribution in [3.05, 3.63) is 46.6 Å². The molecule has 1 aliphatic rings.